The van der Waals surface area contributed by atoms with Gasteiger partial charge < -0.3 is 9.32 Å². The van der Waals surface area contributed by atoms with Crippen molar-refractivity contribution in [2.45, 2.75) is 6.04 Å². The number of likely N-dealkylation sites (N-methyl/N-ethyl adjacent to an activating group) is 1. The van der Waals surface area contributed by atoms with Crippen LogP contribution in [0.5, 0.6) is 0 Å². The summed E-state index contributed by atoms with van der Waals surface area (Å²) in [6, 6.07) is 12.5. The van der Waals surface area contributed by atoms with Crippen molar-refractivity contribution in [1.82, 2.24) is 13.9 Å². The van der Waals surface area contributed by atoms with E-state index in [2.05, 4.69) is 9.62 Å². The molecule has 1 aromatic carbocycles. The lowest BCUT2D eigenvalue weighted by atomic mass is 10.1. The van der Waals surface area contributed by atoms with Crippen molar-refractivity contribution in [3.63, 3.8) is 0 Å². The Morgan fingerprint density at radius 3 is 2.35 bits per heavy atom. The lowest BCUT2D eigenvalue weighted by Crippen LogP contribution is -2.51. The topological polar surface area (TPSA) is 65.8 Å². The maximum Gasteiger partial charge on any atom is 0.280 e. The molecule has 1 aromatic heterocycles. The Kier molecular flexibility index (Phi) is 4.82. The van der Waals surface area contributed by atoms with Gasteiger partial charge in [0.25, 0.3) is 10.2 Å². The van der Waals surface area contributed by atoms with E-state index in [0.717, 1.165) is 18.7 Å². The quantitative estimate of drug-likeness (QED) is 0.898. The molecule has 1 fully saturated rings. The highest BCUT2D eigenvalue weighted by atomic mass is 32.2. The second-order valence-corrected chi connectivity index (χ2v) is 7.39. The third-order valence-electron chi connectivity index (χ3n) is 4.03. The van der Waals surface area contributed by atoms with Crippen LogP contribution in [0.15, 0.2) is 53.1 Å². The second kappa shape index (κ2) is 6.84. The number of furan rings is 1. The number of rotatable bonds is 5. The van der Waals surface area contributed by atoms with E-state index in [4.69, 9.17) is 4.42 Å². The van der Waals surface area contributed by atoms with E-state index in [0.29, 0.717) is 18.8 Å². The van der Waals surface area contributed by atoms with E-state index < -0.39 is 16.3 Å². The van der Waals surface area contributed by atoms with Gasteiger partial charge >= 0.3 is 0 Å². The number of hydrogen-bond acceptors (Lipinski definition) is 4. The van der Waals surface area contributed by atoms with Crippen molar-refractivity contribution in [3.05, 3.63) is 60.1 Å². The average Bonchev–Trinajstić information content (AvgIpc) is 3.08. The van der Waals surface area contributed by atoms with Crippen LogP contribution in [-0.4, -0.2) is 50.8 Å². The van der Waals surface area contributed by atoms with Gasteiger partial charge in [0.2, 0.25) is 0 Å². The molecule has 6 nitrogen and oxygen atoms in total. The van der Waals surface area contributed by atoms with E-state index in [-0.39, 0.29) is 0 Å². The Balaban J connectivity index is 1.84. The van der Waals surface area contributed by atoms with Crippen LogP contribution in [0.1, 0.15) is 17.4 Å². The van der Waals surface area contributed by atoms with Crippen molar-refractivity contribution in [2.75, 3.05) is 33.2 Å². The molecule has 23 heavy (non-hydrogen) atoms. The van der Waals surface area contributed by atoms with E-state index >= 15 is 0 Å². The predicted molar refractivity (Wildman–Crippen MR) is 88.1 cm³/mol. The van der Waals surface area contributed by atoms with Gasteiger partial charge in [-0.15, -0.1) is 0 Å². The highest BCUT2D eigenvalue weighted by Gasteiger charge is 2.30. The van der Waals surface area contributed by atoms with Gasteiger partial charge in [-0.25, -0.2) is 0 Å². The van der Waals surface area contributed by atoms with Crippen molar-refractivity contribution in [1.29, 1.82) is 0 Å². The highest BCUT2D eigenvalue weighted by Crippen LogP contribution is 2.24. The van der Waals surface area contributed by atoms with Crippen LogP contribution in [-0.2, 0) is 10.2 Å². The minimum atomic E-state index is -3.58. The smallest absolute Gasteiger partial charge is 0.280 e. The molecule has 0 spiro atoms. The molecule has 0 amide bonds. The van der Waals surface area contributed by atoms with Gasteiger partial charge in [-0.05, 0) is 24.7 Å². The molecular formula is C16H21N3O3S. The Bertz CT molecular complexity index is 708. The number of benzene rings is 1. The number of hydrogen-bond donors (Lipinski definition) is 1. The maximum absolute atomic E-state index is 12.7. The van der Waals surface area contributed by atoms with E-state index in [1.54, 1.807) is 18.4 Å². The standard InChI is InChI=1S/C16H21N3O3S/c1-18-9-11-19(12-10-18)23(20,21)17-16(15-8-5-13-22-15)14-6-3-2-4-7-14/h2-8,13,16-17H,9-12H2,1H3/t16-/m0/s1. The minimum Gasteiger partial charge on any atom is -0.467 e. The minimum absolute atomic E-state index is 0.492. The van der Waals surface area contributed by atoms with Crippen LogP contribution < -0.4 is 4.72 Å². The summed E-state index contributed by atoms with van der Waals surface area (Å²) in [5.74, 6) is 0.578. The molecule has 0 saturated carbocycles. The highest BCUT2D eigenvalue weighted by molar-refractivity contribution is 7.87. The largest absolute Gasteiger partial charge is 0.467 e. The lowest BCUT2D eigenvalue weighted by Gasteiger charge is -2.32. The monoisotopic (exact) mass is 335 g/mol. The van der Waals surface area contributed by atoms with E-state index in [9.17, 15) is 8.42 Å². The van der Waals surface area contributed by atoms with Crippen molar-refractivity contribution < 1.29 is 12.8 Å². The van der Waals surface area contributed by atoms with Crippen LogP contribution in [0.3, 0.4) is 0 Å². The van der Waals surface area contributed by atoms with Gasteiger partial charge in [0.15, 0.2) is 0 Å². The molecule has 124 valence electrons. The van der Waals surface area contributed by atoms with E-state index in [1.807, 2.05) is 37.4 Å². The molecule has 1 aliphatic rings. The van der Waals surface area contributed by atoms with Crippen LogP contribution in [0.2, 0.25) is 0 Å². The van der Waals surface area contributed by atoms with Crippen LogP contribution in [0.4, 0.5) is 0 Å². The molecule has 2 aromatic rings. The summed E-state index contributed by atoms with van der Waals surface area (Å²) in [5.41, 5.74) is 0.847. The Morgan fingerprint density at radius 1 is 1.04 bits per heavy atom. The molecule has 3 rings (SSSR count). The SMILES string of the molecule is CN1CCN(S(=O)(=O)N[C@@H](c2ccccc2)c2ccco2)CC1. The summed E-state index contributed by atoms with van der Waals surface area (Å²) < 4.78 is 35.2. The van der Waals surface area contributed by atoms with Crippen molar-refractivity contribution in [3.8, 4) is 0 Å². The van der Waals surface area contributed by atoms with Crippen LogP contribution >= 0.6 is 0 Å². The van der Waals surface area contributed by atoms with Crippen molar-refractivity contribution >= 4 is 10.2 Å². The molecule has 0 aliphatic carbocycles. The normalized spacial score (nSPS) is 18.8. The summed E-state index contributed by atoms with van der Waals surface area (Å²) in [6.07, 6.45) is 1.55. The van der Waals surface area contributed by atoms with Gasteiger partial charge in [-0.1, -0.05) is 30.3 Å². The summed E-state index contributed by atoms with van der Waals surface area (Å²) in [5, 5.41) is 0. The molecular weight excluding hydrogens is 314 g/mol. The third-order valence-corrected chi connectivity index (χ3v) is 5.61. The molecule has 0 radical (unpaired) electrons. The summed E-state index contributed by atoms with van der Waals surface area (Å²) in [6.45, 7) is 2.45. The molecule has 0 bridgehead atoms. The van der Waals surface area contributed by atoms with Gasteiger partial charge in [-0.3, -0.25) is 0 Å². The first-order chi connectivity index (χ1) is 11.1. The van der Waals surface area contributed by atoms with Crippen LogP contribution in [0, 0.1) is 0 Å². The van der Waals surface area contributed by atoms with Gasteiger partial charge in [0.05, 0.1) is 6.26 Å². The fourth-order valence-electron chi connectivity index (χ4n) is 2.64. The molecule has 2 heterocycles. The lowest BCUT2D eigenvalue weighted by molar-refractivity contribution is 0.220. The maximum atomic E-state index is 12.7. The van der Waals surface area contributed by atoms with Crippen LogP contribution in [0.25, 0.3) is 0 Å². The van der Waals surface area contributed by atoms with Gasteiger partial charge in [-0.2, -0.15) is 17.4 Å². The first kappa shape index (κ1) is 16.2. The van der Waals surface area contributed by atoms with Gasteiger partial charge in [0, 0.05) is 26.2 Å². The first-order valence-electron chi connectivity index (χ1n) is 7.60. The fourth-order valence-corrected chi connectivity index (χ4v) is 3.99. The second-order valence-electron chi connectivity index (χ2n) is 5.68. The summed E-state index contributed by atoms with van der Waals surface area (Å²) in [7, 11) is -1.59. The van der Waals surface area contributed by atoms with Crippen molar-refractivity contribution in [2.24, 2.45) is 0 Å². The first-order valence-corrected chi connectivity index (χ1v) is 9.04. The van der Waals surface area contributed by atoms with E-state index in [1.165, 1.54) is 4.31 Å². The number of nitrogens with one attached hydrogen (secondary N) is 1. The molecule has 1 aliphatic heterocycles. The number of nitrogens with zero attached hydrogens (tertiary/aromatic N) is 2. The molecule has 1 saturated heterocycles. The zero-order valence-corrected chi connectivity index (χ0v) is 13.9. The average molecular weight is 335 g/mol. The Hall–Kier alpha value is -1.67. The molecule has 0 unspecified atom stereocenters. The summed E-state index contributed by atoms with van der Waals surface area (Å²) >= 11 is 0. The Morgan fingerprint density at radius 2 is 1.74 bits per heavy atom. The third kappa shape index (κ3) is 3.81. The fraction of sp³-hybridized carbons (Fsp3) is 0.375. The zero-order valence-electron chi connectivity index (χ0n) is 13.1. The number of piperazine rings is 1. The van der Waals surface area contributed by atoms with Gasteiger partial charge in [0.1, 0.15) is 11.8 Å². The molecule has 1 atom stereocenters. The summed E-state index contributed by atoms with van der Waals surface area (Å²) in [4.78, 5) is 2.12. The molecule has 1 N–H and O–H groups in total. The zero-order chi connectivity index (χ0) is 16.3. The Labute approximate surface area is 136 Å². The predicted octanol–water partition coefficient (Wildman–Crippen LogP) is 1.45. The molecule has 7 heteroatoms.